The van der Waals surface area contributed by atoms with E-state index >= 15 is 0 Å². The lowest BCUT2D eigenvalue weighted by molar-refractivity contribution is -0.121. The molecule has 0 saturated heterocycles. The van der Waals surface area contributed by atoms with Crippen molar-refractivity contribution >= 4 is 16.8 Å². The molecule has 2 aromatic carbocycles. The summed E-state index contributed by atoms with van der Waals surface area (Å²) in [4.78, 5) is 16.1. The zero-order valence-electron chi connectivity index (χ0n) is 15.8. The summed E-state index contributed by atoms with van der Waals surface area (Å²) in [5.41, 5.74) is 8.88. The van der Waals surface area contributed by atoms with E-state index in [1.807, 2.05) is 18.2 Å². The van der Waals surface area contributed by atoms with Crippen LogP contribution in [0.2, 0.25) is 0 Å². The highest BCUT2D eigenvalue weighted by atomic mass is 16.1. The maximum atomic E-state index is 12.5. The average molecular weight is 346 g/mol. The van der Waals surface area contributed by atoms with Gasteiger partial charge in [-0.1, -0.05) is 24.3 Å². The second-order valence-corrected chi connectivity index (χ2v) is 7.67. The fourth-order valence-electron chi connectivity index (χ4n) is 4.07. The minimum atomic E-state index is 0.125. The second kappa shape index (κ2) is 6.64. The minimum Gasteiger partial charge on any atom is -0.358 e. The number of H-pyrrole nitrogens is 1. The smallest absolute Gasteiger partial charge is 0.224 e. The monoisotopic (exact) mass is 346 g/mol. The van der Waals surface area contributed by atoms with Crippen molar-refractivity contribution in [2.75, 3.05) is 0 Å². The van der Waals surface area contributed by atoms with E-state index < -0.39 is 0 Å². The number of fused-ring (bicyclic) bond motifs is 3. The number of aromatic nitrogens is 1. The molecule has 0 bridgehead atoms. The molecule has 1 aliphatic carbocycles. The number of nitrogens with one attached hydrogen (secondary N) is 2. The number of rotatable bonds is 3. The highest BCUT2D eigenvalue weighted by molar-refractivity contribution is 5.87. The van der Waals surface area contributed by atoms with Crippen molar-refractivity contribution in [3.8, 4) is 0 Å². The highest BCUT2D eigenvalue weighted by Crippen LogP contribution is 2.31. The molecule has 1 atom stereocenters. The molecule has 26 heavy (non-hydrogen) atoms. The van der Waals surface area contributed by atoms with Gasteiger partial charge in [0, 0.05) is 22.6 Å². The molecule has 4 rings (SSSR count). The Kier molecular flexibility index (Phi) is 4.31. The van der Waals surface area contributed by atoms with Gasteiger partial charge in [0.05, 0.1) is 6.42 Å². The first-order valence-corrected chi connectivity index (χ1v) is 9.46. The van der Waals surface area contributed by atoms with Crippen LogP contribution in [0.5, 0.6) is 0 Å². The fourth-order valence-corrected chi connectivity index (χ4v) is 4.07. The molecule has 1 aromatic heterocycles. The Balaban J connectivity index is 1.50. The third kappa shape index (κ3) is 3.14. The molecule has 3 nitrogen and oxygen atoms in total. The van der Waals surface area contributed by atoms with Gasteiger partial charge in [-0.25, -0.2) is 0 Å². The standard InChI is InChI=1S/C23H26N2O/c1-14-6-4-5-7-17(14)12-23(26)24-18-8-9-21-20(13-18)19-10-15(2)16(3)11-22(19)25-21/h4-7,10-11,18,25H,8-9,12-13H2,1-3H3,(H,24,26). The van der Waals surface area contributed by atoms with E-state index in [4.69, 9.17) is 0 Å². The van der Waals surface area contributed by atoms with Crippen molar-refractivity contribution in [1.29, 1.82) is 0 Å². The lowest BCUT2D eigenvalue weighted by atomic mass is 9.90. The summed E-state index contributed by atoms with van der Waals surface area (Å²) in [6.45, 7) is 6.38. The van der Waals surface area contributed by atoms with Crippen LogP contribution < -0.4 is 5.32 Å². The zero-order valence-corrected chi connectivity index (χ0v) is 15.8. The number of amides is 1. The Bertz CT molecular complexity index is 983. The quantitative estimate of drug-likeness (QED) is 0.729. The topological polar surface area (TPSA) is 44.9 Å². The lowest BCUT2D eigenvalue weighted by Crippen LogP contribution is -2.39. The first kappa shape index (κ1) is 16.9. The van der Waals surface area contributed by atoms with E-state index in [1.54, 1.807) is 0 Å². The van der Waals surface area contributed by atoms with Crippen LogP contribution in [0.25, 0.3) is 10.9 Å². The number of aryl methyl sites for hydroxylation is 4. The van der Waals surface area contributed by atoms with Crippen molar-refractivity contribution in [1.82, 2.24) is 10.3 Å². The SMILES string of the molecule is Cc1cc2[nH]c3c(c2cc1C)CC(NC(=O)Cc1ccccc1C)CC3. The van der Waals surface area contributed by atoms with Crippen LogP contribution >= 0.6 is 0 Å². The van der Waals surface area contributed by atoms with Crippen LogP contribution in [0.4, 0.5) is 0 Å². The average Bonchev–Trinajstić information content (AvgIpc) is 2.94. The van der Waals surface area contributed by atoms with Gasteiger partial charge in [-0.15, -0.1) is 0 Å². The normalized spacial score (nSPS) is 16.5. The van der Waals surface area contributed by atoms with E-state index in [1.165, 1.54) is 38.9 Å². The number of aromatic amines is 1. The molecule has 1 amide bonds. The first-order valence-electron chi connectivity index (χ1n) is 9.46. The lowest BCUT2D eigenvalue weighted by Gasteiger charge is -2.24. The van der Waals surface area contributed by atoms with E-state index in [-0.39, 0.29) is 11.9 Å². The molecule has 1 unspecified atom stereocenters. The molecule has 0 spiro atoms. The maximum Gasteiger partial charge on any atom is 0.224 e. The molecule has 0 radical (unpaired) electrons. The predicted molar refractivity (Wildman–Crippen MR) is 107 cm³/mol. The van der Waals surface area contributed by atoms with Crippen LogP contribution in [0.1, 0.15) is 39.9 Å². The molecule has 3 aromatic rings. The van der Waals surface area contributed by atoms with E-state index in [9.17, 15) is 4.79 Å². The Hall–Kier alpha value is -2.55. The van der Waals surface area contributed by atoms with Crippen molar-refractivity contribution < 1.29 is 4.79 Å². The van der Waals surface area contributed by atoms with E-state index in [2.05, 4.69) is 49.3 Å². The summed E-state index contributed by atoms with van der Waals surface area (Å²) in [6.07, 6.45) is 3.37. The van der Waals surface area contributed by atoms with Crippen molar-refractivity contribution in [2.24, 2.45) is 0 Å². The van der Waals surface area contributed by atoms with Gasteiger partial charge in [-0.2, -0.15) is 0 Å². The van der Waals surface area contributed by atoms with E-state index in [0.717, 1.165) is 24.8 Å². The van der Waals surface area contributed by atoms with Gasteiger partial charge in [0.2, 0.25) is 5.91 Å². The number of carbonyl (C=O) groups is 1. The van der Waals surface area contributed by atoms with Crippen molar-refractivity contribution in [3.63, 3.8) is 0 Å². The largest absolute Gasteiger partial charge is 0.358 e. The molecule has 3 heteroatoms. The number of carbonyl (C=O) groups excluding carboxylic acids is 1. The Morgan fingerprint density at radius 1 is 1.12 bits per heavy atom. The van der Waals surface area contributed by atoms with Crippen LogP contribution in [0.15, 0.2) is 36.4 Å². The van der Waals surface area contributed by atoms with Crippen molar-refractivity contribution in [2.45, 2.75) is 52.5 Å². The molecule has 1 heterocycles. The second-order valence-electron chi connectivity index (χ2n) is 7.67. The predicted octanol–water partition coefficient (Wildman–Crippen LogP) is 4.31. The van der Waals surface area contributed by atoms with Gasteiger partial charge in [0.1, 0.15) is 0 Å². The van der Waals surface area contributed by atoms with Gasteiger partial charge in [-0.3, -0.25) is 4.79 Å². The maximum absolute atomic E-state index is 12.5. The zero-order chi connectivity index (χ0) is 18.3. The Morgan fingerprint density at radius 3 is 2.69 bits per heavy atom. The molecule has 0 saturated carbocycles. The summed E-state index contributed by atoms with van der Waals surface area (Å²) >= 11 is 0. The third-order valence-corrected chi connectivity index (χ3v) is 5.78. The number of hydrogen-bond donors (Lipinski definition) is 2. The molecular formula is C23H26N2O. The van der Waals surface area contributed by atoms with Gasteiger partial charge in [0.15, 0.2) is 0 Å². The molecule has 2 N–H and O–H groups in total. The Morgan fingerprint density at radius 2 is 1.88 bits per heavy atom. The van der Waals surface area contributed by atoms with Crippen molar-refractivity contribution in [3.05, 3.63) is 69.9 Å². The fraction of sp³-hybridized carbons (Fsp3) is 0.348. The van der Waals surface area contributed by atoms with Crippen LogP contribution in [-0.2, 0) is 24.1 Å². The van der Waals surface area contributed by atoms with Crippen LogP contribution in [0.3, 0.4) is 0 Å². The molecule has 0 aliphatic heterocycles. The summed E-state index contributed by atoms with van der Waals surface area (Å²) in [7, 11) is 0. The summed E-state index contributed by atoms with van der Waals surface area (Å²) in [6, 6.07) is 12.9. The molecule has 134 valence electrons. The minimum absolute atomic E-state index is 0.125. The van der Waals surface area contributed by atoms with Crippen LogP contribution in [-0.4, -0.2) is 16.9 Å². The third-order valence-electron chi connectivity index (χ3n) is 5.78. The molecule has 0 fully saturated rings. The first-order chi connectivity index (χ1) is 12.5. The summed E-state index contributed by atoms with van der Waals surface area (Å²) < 4.78 is 0. The molecule has 1 aliphatic rings. The van der Waals surface area contributed by atoms with Gasteiger partial charge >= 0.3 is 0 Å². The number of benzene rings is 2. The summed E-state index contributed by atoms with van der Waals surface area (Å²) in [5, 5.41) is 4.58. The van der Waals surface area contributed by atoms with E-state index in [0.29, 0.717) is 6.42 Å². The summed E-state index contributed by atoms with van der Waals surface area (Å²) in [5.74, 6) is 0.125. The molecular weight excluding hydrogens is 320 g/mol. The van der Waals surface area contributed by atoms with Gasteiger partial charge in [-0.05, 0) is 80.0 Å². The Labute approximate surface area is 154 Å². The van der Waals surface area contributed by atoms with Crippen LogP contribution in [0, 0.1) is 20.8 Å². The van der Waals surface area contributed by atoms with Gasteiger partial charge in [0.25, 0.3) is 0 Å². The highest BCUT2D eigenvalue weighted by Gasteiger charge is 2.24. The van der Waals surface area contributed by atoms with Gasteiger partial charge < -0.3 is 10.3 Å². The number of hydrogen-bond acceptors (Lipinski definition) is 1.